The molecule has 1 heterocycles. The van der Waals surface area contributed by atoms with Gasteiger partial charge in [0.25, 0.3) is 0 Å². The van der Waals surface area contributed by atoms with Gasteiger partial charge in [0.05, 0.1) is 11.3 Å². The van der Waals surface area contributed by atoms with Gasteiger partial charge in [-0.2, -0.15) is 18.2 Å². The van der Waals surface area contributed by atoms with Crippen molar-refractivity contribution in [3.63, 3.8) is 0 Å². The predicted molar refractivity (Wildman–Crippen MR) is 90.2 cm³/mol. The molecule has 1 amide bonds. The third-order valence-electron chi connectivity index (χ3n) is 3.63. The molecular formula is C16H18F3N3O4S. The summed E-state index contributed by atoms with van der Waals surface area (Å²) >= 11 is 0. The molecule has 0 bridgehead atoms. The molecule has 7 nitrogen and oxygen atoms in total. The molecule has 0 aliphatic heterocycles. The van der Waals surface area contributed by atoms with Gasteiger partial charge in [0, 0.05) is 26.1 Å². The zero-order chi connectivity index (χ0) is 20.2. The number of hydrogen-bond donors (Lipinski definition) is 0. The SMILES string of the molecule is CN(C)C(=O)CCCS(=O)(=O)Cc1nc(-c2ccc(C(F)(F)F)cc2)no1. The largest absolute Gasteiger partial charge is 0.416 e. The molecule has 0 aliphatic carbocycles. The van der Waals surface area contributed by atoms with Crippen LogP contribution in [0.15, 0.2) is 28.8 Å². The van der Waals surface area contributed by atoms with Crippen molar-refractivity contribution in [3.05, 3.63) is 35.7 Å². The molecule has 27 heavy (non-hydrogen) atoms. The highest BCUT2D eigenvalue weighted by molar-refractivity contribution is 7.90. The van der Waals surface area contributed by atoms with Crippen LogP contribution >= 0.6 is 0 Å². The molecule has 0 fully saturated rings. The molecule has 0 saturated heterocycles. The van der Waals surface area contributed by atoms with Gasteiger partial charge in [-0.05, 0) is 18.6 Å². The van der Waals surface area contributed by atoms with E-state index in [0.717, 1.165) is 12.1 Å². The molecule has 0 atom stereocenters. The Kier molecular flexibility index (Phi) is 6.24. The van der Waals surface area contributed by atoms with E-state index in [4.69, 9.17) is 4.52 Å². The Morgan fingerprint density at radius 2 is 1.81 bits per heavy atom. The van der Waals surface area contributed by atoms with Crippen molar-refractivity contribution < 1.29 is 30.9 Å². The van der Waals surface area contributed by atoms with Crippen molar-refractivity contribution in [2.45, 2.75) is 24.8 Å². The molecule has 2 rings (SSSR count). The first kappa shape index (κ1) is 20.9. The highest BCUT2D eigenvalue weighted by atomic mass is 32.2. The smallest absolute Gasteiger partial charge is 0.349 e. The minimum Gasteiger partial charge on any atom is -0.349 e. The molecule has 0 radical (unpaired) electrons. The van der Waals surface area contributed by atoms with Crippen LogP contribution in [-0.2, 0) is 26.6 Å². The number of benzene rings is 1. The minimum absolute atomic E-state index is 0.00305. The second-order valence-corrected chi connectivity index (χ2v) is 8.25. The normalized spacial score (nSPS) is 12.2. The van der Waals surface area contributed by atoms with Crippen LogP contribution in [0.1, 0.15) is 24.3 Å². The summed E-state index contributed by atoms with van der Waals surface area (Å²) < 4.78 is 66.7. The van der Waals surface area contributed by atoms with Crippen LogP contribution in [0, 0.1) is 0 Å². The van der Waals surface area contributed by atoms with Gasteiger partial charge in [-0.1, -0.05) is 17.3 Å². The lowest BCUT2D eigenvalue weighted by molar-refractivity contribution is -0.137. The maximum absolute atomic E-state index is 12.6. The second-order valence-electron chi connectivity index (χ2n) is 6.07. The maximum Gasteiger partial charge on any atom is 0.416 e. The summed E-state index contributed by atoms with van der Waals surface area (Å²) in [6, 6.07) is 4.12. The number of nitrogens with zero attached hydrogens (tertiary/aromatic N) is 3. The molecular weight excluding hydrogens is 387 g/mol. The zero-order valence-corrected chi connectivity index (χ0v) is 15.5. The summed E-state index contributed by atoms with van der Waals surface area (Å²) in [5, 5.41) is 3.60. The third kappa shape index (κ3) is 6.05. The summed E-state index contributed by atoms with van der Waals surface area (Å²) in [5.74, 6) is -1.06. The van der Waals surface area contributed by atoms with Crippen LogP contribution in [0.2, 0.25) is 0 Å². The number of aromatic nitrogens is 2. The van der Waals surface area contributed by atoms with Gasteiger partial charge in [0.1, 0.15) is 5.75 Å². The van der Waals surface area contributed by atoms with Crippen molar-refractivity contribution in [1.82, 2.24) is 15.0 Å². The van der Waals surface area contributed by atoms with E-state index in [0.29, 0.717) is 0 Å². The minimum atomic E-state index is -4.46. The first-order chi connectivity index (χ1) is 12.5. The fourth-order valence-corrected chi connectivity index (χ4v) is 3.39. The fraction of sp³-hybridized carbons (Fsp3) is 0.438. The van der Waals surface area contributed by atoms with E-state index in [2.05, 4.69) is 10.1 Å². The topological polar surface area (TPSA) is 93.4 Å². The molecule has 1 aromatic heterocycles. The lowest BCUT2D eigenvalue weighted by atomic mass is 10.1. The van der Waals surface area contributed by atoms with E-state index < -0.39 is 27.3 Å². The summed E-state index contributed by atoms with van der Waals surface area (Å²) in [5.41, 5.74) is -0.545. The highest BCUT2D eigenvalue weighted by Gasteiger charge is 2.30. The standard InChI is InChI=1S/C16H18F3N3O4S/c1-22(2)14(23)4-3-9-27(24,25)10-13-20-15(21-26-13)11-5-7-12(8-6-11)16(17,18)19/h5-8H,3-4,9-10H2,1-2H3. The average molecular weight is 405 g/mol. The Morgan fingerprint density at radius 3 is 2.37 bits per heavy atom. The quantitative estimate of drug-likeness (QED) is 0.703. The van der Waals surface area contributed by atoms with Crippen LogP contribution < -0.4 is 0 Å². The number of alkyl halides is 3. The molecule has 11 heteroatoms. The Labute approximate surface area is 154 Å². The summed E-state index contributed by atoms with van der Waals surface area (Å²) in [7, 11) is -0.404. The Morgan fingerprint density at radius 1 is 1.19 bits per heavy atom. The monoisotopic (exact) mass is 405 g/mol. The average Bonchev–Trinajstić information content (AvgIpc) is 3.01. The number of carbonyl (C=O) groups excluding carboxylic acids is 1. The second kappa shape index (κ2) is 8.07. The van der Waals surface area contributed by atoms with E-state index in [-0.39, 0.29) is 41.8 Å². The molecule has 0 saturated carbocycles. The number of halogens is 3. The van der Waals surface area contributed by atoms with E-state index >= 15 is 0 Å². The van der Waals surface area contributed by atoms with Crippen molar-refractivity contribution in [3.8, 4) is 11.4 Å². The molecule has 0 unspecified atom stereocenters. The summed E-state index contributed by atoms with van der Waals surface area (Å²) in [6.07, 6.45) is -4.19. The molecule has 1 aromatic carbocycles. The molecule has 2 aromatic rings. The lowest BCUT2D eigenvalue weighted by Crippen LogP contribution is -2.22. The Balaban J connectivity index is 2.00. The highest BCUT2D eigenvalue weighted by Crippen LogP contribution is 2.30. The van der Waals surface area contributed by atoms with Gasteiger partial charge in [0.2, 0.25) is 17.6 Å². The van der Waals surface area contributed by atoms with Crippen LogP contribution in [0.25, 0.3) is 11.4 Å². The van der Waals surface area contributed by atoms with Crippen molar-refractivity contribution in [2.24, 2.45) is 0 Å². The Hall–Kier alpha value is -2.43. The van der Waals surface area contributed by atoms with E-state index in [9.17, 15) is 26.4 Å². The van der Waals surface area contributed by atoms with Gasteiger partial charge in [-0.15, -0.1) is 0 Å². The first-order valence-electron chi connectivity index (χ1n) is 7.89. The van der Waals surface area contributed by atoms with Gasteiger partial charge in [-0.25, -0.2) is 8.42 Å². The van der Waals surface area contributed by atoms with Crippen molar-refractivity contribution in [1.29, 1.82) is 0 Å². The number of amides is 1. The summed E-state index contributed by atoms with van der Waals surface area (Å²) in [4.78, 5) is 16.7. The van der Waals surface area contributed by atoms with E-state index in [1.54, 1.807) is 14.1 Å². The predicted octanol–water partition coefficient (Wildman–Crippen LogP) is 2.54. The fourth-order valence-electron chi connectivity index (χ4n) is 2.17. The molecule has 148 valence electrons. The van der Waals surface area contributed by atoms with Crippen LogP contribution in [-0.4, -0.2) is 49.2 Å². The number of carbonyl (C=O) groups is 1. The molecule has 0 spiro atoms. The molecule has 0 N–H and O–H groups in total. The van der Waals surface area contributed by atoms with E-state index in [1.807, 2.05) is 0 Å². The Bertz CT molecular complexity index is 890. The van der Waals surface area contributed by atoms with Crippen molar-refractivity contribution >= 4 is 15.7 Å². The van der Waals surface area contributed by atoms with Gasteiger partial charge in [0.15, 0.2) is 9.84 Å². The zero-order valence-electron chi connectivity index (χ0n) is 14.7. The molecule has 0 aliphatic rings. The number of rotatable bonds is 7. The van der Waals surface area contributed by atoms with Gasteiger partial charge >= 0.3 is 6.18 Å². The van der Waals surface area contributed by atoms with Crippen LogP contribution in [0.3, 0.4) is 0 Å². The van der Waals surface area contributed by atoms with Crippen molar-refractivity contribution in [2.75, 3.05) is 19.8 Å². The van der Waals surface area contributed by atoms with Gasteiger partial charge in [-0.3, -0.25) is 4.79 Å². The van der Waals surface area contributed by atoms with Gasteiger partial charge < -0.3 is 9.42 Å². The van der Waals surface area contributed by atoms with Crippen LogP contribution in [0.4, 0.5) is 13.2 Å². The number of hydrogen-bond acceptors (Lipinski definition) is 6. The first-order valence-corrected chi connectivity index (χ1v) is 9.71. The van der Waals surface area contributed by atoms with Crippen LogP contribution in [0.5, 0.6) is 0 Å². The summed E-state index contributed by atoms with van der Waals surface area (Å²) in [6.45, 7) is 0. The third-order valence-corrected chi connectivity index (χ3v) is 5.22. The number of sulfone groups is 1. The maximum atomic E-state index is 12.6. The lowest BCUT2D eigenvalue weighted by Gasteiger charge is -2.09. The van der Waals surface area contributed by atoms with E-state index in [1.165, 1.54) is 17.0 Å².